The fourth-order valence-electron chi connectivity index (χ4n) is 2.84. The molecule has 3 rings (SSSR count). The number of carbonyl (C=O) groups is 2. The second kappa shape index (κ2) is 5.21. The zero-order valence-electron chi connectivity index (χ0n) is 12.5. The van der Waals surface area contributed by atoms with Crippen LogP contribution < -0.4 is 16.8 Å². The van der Waals surface area contributed by atoms with Crippen LogP contribution in [-0.2, 0) is 10.3 Å². The molecule has 1 fully saturated rings. The van der Waals surface area contributed by atoms with E-state index < -0.39 is 11.4 Å². The van der Waals surface area contributed by atoms with Gasteiger partial charge < -0.3 is 16.8 Å². The Bertz CT molecular complexity index is 666. The summed E-state index contributed by atoms with van der Waals surface area (Å²) in [6, 6.07) is 6.73. The van der Waals surface area contributed by atoms with Crippen LogP contribution in [0.3, 0.4) is 0 Å². The third-order valence-corrected chi connectivity index (χ3v) is 4.35. The predicted molar refractivity (Wildman–Crippen MR) is 83.2 cm³/mol. The third kappa shape index (κ3) is 2.74. The van der Waals surface area contributed by atoms with Crippen molar-refractivity contribution in [3.63, 3.8) is 0 Å². The van der Waals surface area contributed by atoms with Gasteiger partial charge in [0.2, 0.25) is 11.8 Å². The van der Waals surface area contributed by atoms with Gasteiger partial charge >= 0.3 is 0 Å². The fourth-order valence-corrected chi connectivity index (χ4v) is 2.84. The molecule has 1 heterocycles. The Morgan fingerprint density at radius 2 is 2.18 bits per heavy atom. The molecule has 22 heavy (non-hydrogen) atoms. The molecule has 1 aromatic carbocycles. The highest BCUT2D eigenvalue weighted by Crippen LogP contribution is 2.36. The summed E-state index contributed by atoms with van der Waals surface area (Å²) in [7, 11) is 0. The van der Waals surface area contributed by atoms with Gasteiger partial charge in [-0.05, 0) is 43.4 Å². The highest BCUT2D eigenvalue weighted by atomic mass is 16.2. The summed E-state index contributed by atoms with van der Waals surface area (Å²) in [6.07, 6.45) is 2.37. The average Bonchev–Trinajstić information content (AvgIpc) is 3.30. The first-order valence-corrected chi connectivity index (χ1v) is 7.44. The van der Waals surface area contributed by atoms with Crippen LogP contribution in [0.2, 0.25) is 0 Å². The van der Waals surface area contributed by atoms with Crippen LogP contribution in [0.1, 0.15) is 42.1 Å². The van der Waals surface area contributed by atoms with E-state index in [9.17, 15) is 9.59 Å². The number of rotatable bonds is 4. The minimum absolute atomic E-state index is 0.104. The van der Waals surface area contributed by atoms with E-state index in [0.717, 1.165) is 18.4 Å². The quantitative estimate of drug-likeness (QED) is 0.759. The number of hydrogen-bond donors (Lipinski definition) is 3. The van der Waals surface area contributed by atoms with Crippen molar-refractivity contribution < 1.29 is 9.59 Å². The molecular formula is C16H20N4O2. The number of nitrogens with zero attached hydrogens (tertiary/aromatic N) is 1. The molecule has 2 aliphatic rings. The van der Waals surface area contributed by atoms with Crippen LogP contribution in [0.4, 0.5) is 0 Å². The van der Waals surface area contributed by atoms with E-state index in [0.29, 0.717) is 17.3 Å². The molecule has 6 heteroatoms. The van der Waals surface area contributed by atoms with Crippen LogP contribution in [0.5, 0.6) is 0 Å². The first kappa shape index (κ1) is 14.7. The van der Waals surface area contributed by atoms with Crippen LogP contribution in [0.25, 0.3) is 0 Å². The van der Waals surface area contributed by atoms with Crippen LogP contribution in [0, 0.1) is 5.92 Å². The van der Waals surface area contributed by atoms with Crippen molar-refractivity contribution in [3.05, 3.63) is 35.4 Å². The van der Waals surface area contributed by atoms with Crippen molar-refractivity contribution >= 4 is 17.6 Å². The van der Waals surface area contributed by atoms with E-state index in [2.05, 4.69) is 5.32 Å². The molecule has 2 amide bonds. The molecule has 2 atom stereocenters. The molecule has 1 aliphatic carbocycles. The summed E-state index contributed by atoms with van der Waals surface area (Å²) < 4.78 is 0. The van der Waals surface area contributed by atoms with Gasteiger partial charge in [-0.25, -0.2) is 0 Å². The molecule has 0 radical (unpaired) electrons. The van der Waals surface area contributed by atoms with Gasteiger partial charge in [0.15, 0.2) is 0 Å². The standard InChI is InChI=1S/C16H20N4O2/c1-16(11-4-2-3-10(7-11)14(18)22)8-12(21)19-15(20-16)13(17)9-5-6-9/h2-4,7,9,13H,5-6,8,17H2,1H3,(H2,18,22)(H,19,20,21)/t13?,16-/m0/s1. The van der Waals surface area contributed by atoms with Gasteiger partial charge in [0, 0.05) is 5.56 Å². The first-order chi connectivity index (χ1) is 10.4. The Balaban J connectivity index is 1.99. The molecule has 116 valence electrons. The topological polar surface area (TPSA) is 111 Å². The highest BCUT2D eigenvalue weighted by molar-refractivity contribution is 6.03. The first-order valence-electron chi connectivity index (χ1n) is 7.44. The number of nitrogens with two attached hydrogens (primary N) is 2. The summed E-state index contributed by atoms with van der Waals surface area (Å²) in [5.41, 5.74) is 12.0. The molecule has 5 N–H and O–H groups in total. The van der Waals surface area contributed by atoms with Crippen molar-refractivity contribution in [2.24, 2.45) is 22.4 Å². The maximum Gasteiger partial charge on any atom is 0.248 e. The van der Waals surface area contributed by atoms with Gasteiger partial charge in [-0.15, -0.1) is 0 Å². The number of amidine groups is 1. The van der Waals surface area contributed by atoms with Gasteiger partial charge in [-0.2, -0.15) is 0 Å². The van der Waals surface area contributed by atoms with Crippen molar-refractivity contribution in [2.45, 2.75) is 37.8 Å². The lowest BCUT2D eigenvalue weighted by Gasteiger charge is -2.32. The van der Waals surface area contributed by atoms with E-state index in [-0.39, 0.29) is 18.4 Å². The number of nitrogens with one attached hydrogen (secondary N) is 1. The zero-order chi connectivity index (χ0) is 15.9. The van der Waals surface area contributed by atoms with Crippen molar-refractivity contribution in [2.75, 3.05) is 0 Å². The minimum atomic E-state index is -0.727. The van der Waals surface area contributed by atoms with Gasteiger partial charge in [-0.3, -0.25) is 14.6 Å². The molecule has 1 aromatic rings. The van der Waals surface area contributed by atoms with Crippen LogP contribution in [0.15, 0.2) is 29.3 Å². The monoisotopic (exact) mass is 300 g/mol. The van der Waals surface area contributed by atoms with E-state index >= 15 is 0 Å². The lowest BCUT2D eigenvalue weighted by atomic mass is 9.86. The number of aliphatic imine (C=N–C) groups is 1. The normalized spacial score (nSPS) is 26.1. The van der Waals surface area contributed by atoms with Gasteiger partial charge in [0.1, 0.15) is 5.84 Å². The lowest BCUT2D eigenvalue weighted by molar-refractivity contribution is -0.121. The average molecular weight is 300 g/mol. The Kier molecular flexibility index (Phi) is 3.48. The number of carbonyl (C=O) groups excluding carboxylic acids is 2. The van der Waals surface area contributed by atoms with E-state index in [4.69, 9.17) is 16.5 Å². The molecule has 0 spiro atoms. The summed E-state index contributed by atoms with van der Waals surface area (Å²) >= 11 is 0. The molecule has 1 unspecified atom stereocenters. The lowest BCUT2D eigenvalue weighted by Crippen LogP contribution is -2.51. The van der Waals surface area contributed by atoms with Crippen molar-refractivity contribution in [3.8, 4) is 0 Å². The molecule has 0 bridgehead atoms. The number of amides is 2. The number of hydrogen-bond acceptors (Lipinski definition) is 4. The zero-order valence-corrected chi connectivity index (χ0v) is 12.5. The minimum Gasteiger partial charge on any atom is -0.366 e. The smallest absolute Gasteiger partial charge is 0.248 e. The van der Waals surface area contributed by atoms with Crippen molar-refractivity contribution in [1.29, 1.82) is 0 Å². The molecule has 1 saturated carbocycles. The Morgan fingerprint density at radius 1 is 1.45 bits per heavy atom. The van der Waals surface area contributed by atoms with Gasteiger partial charge in [0.25, 0.3) is 0 Å². The second-order valence-electron chi connectivity index (χ2n) is 6.30. The Hall–Kier alpha value is -2.21. The van der Waals surface area contributed by atoms with E-state index in [1.165, 1.54) is 0 Å². The summed E-state index contributed by atoms with van der Waals surface area (Å²) in [6.45, 7) is 1.88. The number of primary amides is 1. The maximum absolute atomic E-state index is 12.1. The largest absolute Gasteiger partial charge is 0.366 e. The van der Waals surface area contributed by atoms with E-state index in [1.54, 1.807) is 18.2 Å². The second-order valence-corrected chi connectivity index (χ2v) is 6.30. The van der Waals surface area contributed by atoms with Crippen LogP contribution >= 0.6 is 0 Å². The Labute approximate surface area is 129 Å². The SMILES string of the molecule is C[C@@]1(c2cccc(C(N)=O)c2)CC(=O)NC(C(N)C2CC2)=N1. The Morgan fingerprint density at radius 3 is 2.82 bits per heavy atom. The maximum atomic E-state index is 12.1. The highest BCUT2D eigenvalue weighted by Gasteiger charge is 2.39. The van der Waals surface area contributed by atoms with Crippen LogP contribution in [-0.4, -0.2) is 23.7 Å². The summed E-state index contributed by atoms with van der Waals surface area (Å²) in [5.74, 6) is 0.349. The van der Waals surface area contributed by atoms with Gasteiger partial charge in [-0.1, -0.05) is 12.1 Å². The summed E-state index contributed by atoms with van der Waals surface area (Å²) in [5, 5.41) is 2.79. The molecule has 1 aliphatic heterocycles. The van der Waals surface area contributed by atoms with Crippen molar-refractivity contribution in [1.82, 2.24) is 5.32 Å². The summed E-state index contributed by atoms with van der Waals surface area (Å²) in [4.78, 5) is 28.2. The predicted octanol–water partition coefficient (Wildman–Crippen LogP) is 0.656. The van der Waals surface area contributed by atoms with E-state index in [1.807, 2.05) is 13.0 Å². The number of benzene rings is 1. The third-order valence-electron chi connectivity index (χ3n) is 4.35. The van der Waals surface area contributed by atoms with Gasteiger partial charge in [0.05, 0.1) is 18.0 Å². The molecule has 0 saturated heterocycles. The molecule has 0 aromatic heterocycles. The molecular weight excluding hydrogens is 280 g/mol. The molecule has 6 nitrogen and oxygen atoms in total. The fraction of sp³-hybridized carbons (Fsp3) is 0.438.